The second-order valence-electron chi connectivity index (χ2n) is 5.85. The summed E-state index contributed by atoms with van der Waals surface area (Å²) in [4.78, 5) is 2.34. The van der Waals surface area contributed by atoms with Gasteiger partial charge in [0.15, 0.2) is 0 Å². The van der Waals surface area contributed by atoms with Crippen molar-refractivity contribution in [3.05, 3.63) is 29.8 Å². The van der Waals surface area contributed by atoms with Gasteiger partial charge in [-0.25, -0.2) is 0 Å². The normalized spacial score (nSPS) is 19.0. The topological polar surface area (TPSA) is 24.5 Å². The van der Waals surface area contributed by atoms with Crippen LogP contribution < -0.4 is 10.1 Å². The third-order valence-corrected chi connectivity index (χ3v) is 4.41. The van der Waals surface area contributed by atoms with E-state index in [4.69, 9.17) is 4.74 Å². The maximum absolute atomic E-state index is 5.57. The van der Waals surface area contributed by atoms with Gasteiger partial charge in [-0.05, 0) is 40.1 Å². The minimum atomic E-state index is 0.340. The lowest BCUT2D eigenvalue weighted by molar-refractivity contribution is 0.0203. The maximum atomic E-state index is 5.57. The number of hydrogen-bond acceptors (Lipinski definition) is 3. The zero-order valence-corrected chi connectivity index (χ0v) is 12.6. The SMILES string of the molecule is CNCC1(C(c2ccccc2OC)N(C)C)CCC1. The molecule has 3 heteroatoms. The van der Waals surface area contributed by atoms with E-state index in [9.17, 15) is 0 Å². The lowest BCUT2D eigenvalue weighted by Gasteiger charge is -2.50. The number of methoxy groups -OCH3 is 1. The number of rotatable bonds is 6. The summed E-state index contributed by atoms with van der Waals surface area (Å²) in [5, 5.41) is 3.39. The first kappa shape index (κ1) is 14.4. The summed E-state index contributed by atoms with van der Waals surface area (Å²) in [6.07, 6.45) is 3.91. The molecule has 0 heterocycles. The fourth-order valence-corrected chi connectivity index (χ4v) is 3.58. The molecule has 0 saturated heterocycles. The van der Waals surface area contributed by atoms with Crippen molar-refractivity contribution >= 4 is 0 Å². The molecule has 1 fully saturated rings. The van der Waals surface area contributed by atoms with Crippen LogP contribution in [0.5, 0.6) is 5.75 Å². The van der Waals surface area contributed by atoms with E-state index in [1.807, 2.05) is 6.07 Å². The van der Waals surface area contributed by atoms with Crippen molar-refractivity contribution in [1.82, 2.24) is 10.2 Å². The van der Waals surface area contributed by atoms with E-state index in [-0.39, 0.29) is 0 Å². The van der Waals surface area contributed by atoms with Crippen LogP contribution in [0.4, 0.5) is 0 Å². The van der Waals surface area contributed by atoms with Gasteiger partial charge in [0.1, 0.15) is 5.75 Å². The fourth-order valence-electron chi connectivity index (χ4n) is 3.58. The monoisotopic (exact) mass is 262 g/mol. The molecule has 0 aromatic heterocycles. The van der Waals surface area contributed by atoms with Gasteiger partial charge in [0.2, 0.25) is 0 Å². The maximum Gasteiger partial charge on any atom is 0.123 e. The van der Waals surface area contributed by atoms with E-state index in [1.165, 1.54) is 24.8 Å². The Morgan fingerprint density at radius 2 is 2.00 bits per heavy atom. The molecule has 1 N–H and O–H groups in total. The lowest BCUT2D eigenvalue weighted by atomic mass is 9.61. The van der Waals surface area contributed by atoms with Gasteiger partial charge >= 0.3 is 0 Å². The van der Waals surface area contributed by atoms with Gasteiger partial charge in [0.05, 0.1) is 7.11 Å². The molecular weight excluding hydrogens is 236 g/mol. The van der Waals surface area contributed by atoms with Crippen molar-refractivity contribution < 1.29 is 4.74 Å². The summed E-state index contributed by atoms with van der Waals surface area (Å²) in [5.41, 5.74) is 1.65. The molecule has 0 spiro atoms. The molecule has 106 valence electrons. The van der Waals surface area contributed by atoms with E-state index in [0.29, 0.717) is 11.5 Å². The van der Waals surface area contributed by atoms with E-state index in [2.05, 4.69) is 49.6 Å². The molecule has 1 unspecified atom stereocenters. The molecule has 3 nitrogen and oxygen atoms in total. The number of nitrogens with one attached hydrogen (secondary N) is 1. The van der Waals surface area contributed by atoms with Crippen LogP contribution in [-0.4, -0.2) is 39.7 Å². The number of benzene rings is 1. The summed E-state index contributed by atoms with van der Waals surface area (Å²) in [6, 6.07) is 8.84. The molecule has 1 aliphatic carbocycles. The second-order valence-corrected chi connectivity index (χ2v) is 5.85. The highest BCUT2D eigenvalue weighted by atomic mass is 16.5. The van der Waals surface area contributed by atoms with Crippen LogP contribution in [0.2, 0.25) is 0 Å². The van der Waals surface area contributed by atoms with Gasteiger partial charge in [-0.1, -0.05) is 24.6 Å². The zero-order valence-electron chi connectivity index (χ0n) is 12.6. The van der Waals surface area contributed by atoms with Crippen molar-refractivity contribution in [3.8, 4) is 5.75 Å². The van der Waals surface area contributed by atoms with E-state index in [0.717, 1.165) is 12.3 Å². The van der Waals surface area contributed by atoms with E-state index in [1.54, 1.807) is 7.11 Å². The number of nitrogens with zero attached hydrogens (tertiary/aromatic N) is 1. The van der Waals surface area contributed by atoms with Gasteiger partial charge < -0.3 is 15.0 Å². The van der Waals surface area contributed by atoms with Crippen LogP contribution in [0.1, 0.15) is 30.9 Å². The standard InChI is InChI=1S/C16H26N2O/c1-17-12-16(10-7-11-16)15(18(2)3)13-8-5-6-9-14(13)19-4/h5-6,8-9,15,17H,7,10-12H2,1-4H3. The lowest BCUT2D eigenvalue weighted by Crippen LogP contribution is -2.48. The van der Waals surface area contributed by atoms with Gasteiger partial charge in [0.25, 0.3) is 0 Å². The summed E-state index contributed by atoms with van der Waals surface area (Å²) < 4.78 is 5.57. The molecule has 1 atom stereocenters. The molecule has 1 aromatic carbocycles. The van der Waals surface area contributed by atoms with Gasteiger partial charge in [-0.2, -0.15) is 0 Å². The van der Waals surface area contributed by atoms with Crippen LogP contribution >= 0.6 is 0 Å². The van der Waals surface area contributed by atoms with Crippen molar-refractivity contribution in [2.75, 3.05) is 34.8 Å². The van der Waals surface area contributed by atoms with Crippen LogP contribution in [-0.2, 0) is 0 Å². The molecule has 0 bridgehead atoms. The minimum absolute atomic E-state index is 0.340. The van der Waals surface area contributed by atoms with Crippen molar-refractivity contribution in [2.45, 2.75) is 25.3 Å². The summed E-state index contributed by atoms with van der Waals surface area (Å²) >= 11 is 0. The first-order chi connectivity index (χ1) is 9.14. The average Bonchev–Trinajstić information content (AvgIpc) is 2.36. The van der Waals surface area contributed by atoms with Crippen LogP contribution in [0, 0.1) is 5.41 Å². The van der Waals surface area contributed by atoms with Crippen LogP contribution in [0.25, 0.3) is 0 Å². The van der Waals surface area contributed by atoms with Gasteiger partial charge in [-0.15, -0.1) is 0 Å². The largest absolute Gasteiger partial charge is 0.496 e. The predicted molar refractivity (Wildman–Crippen MR) is 79.6 cm³/mol. The Morgan fingerprint density at radius 1 is 1.32 bits per heavy atom. The molecule has 0 amide bonds. The van der Waals surface area contributed by atoms with Gasteiger partial charge in [0, 0.05) is 23.6 Å². The second kappa shape index (κ2) is 5.93. The Kier molecular flexibility index (Phi) is 4.48. The summed E-state index contributed by atoms with van der Waals surface area (Å²) in [6.45, 7) is 1.06. The molecule has 0 aliphatic heterocycles. The molecule has 1 saturated carbocycles. The Labute approximate surface area is 116 Å². The van der Waals surface area contributed by atoms with E-state index < -0.39 is 0 Å². The Hall–Kier alpha value is -1.06. The smallest absolute Gasteiger partial charge is 0.123 e. The Balaban J connectivity index is 2.39. The number of hydrogen-bond donors (Lipinski definition) is 1. The molecule has 2 rings (SSSR count). The summed E-state index contributed by atoms with van der Waals surface area (Å²) in [7, 11) is 8.16. The first-order valence-corrected chi connectivity index (χ1v) is 7.08. The third-order valence-electron chi connectivity index (χ3n) is 4.41. The van der Waals surface area contributed by atoms with Crippen LogP contribution in [0.3, 0.4) is 0 Å². The minimum Gasteiger partial charge on any atom is -0.496 e. The average molecular weight is 262 g/mol. The molecule has 0 radical (unpaired) electrons. The Morgan fingerprint density at radius 3 is 2.47 bits per heavy atom. The zero-order chi connectivity index (χ0) is 13.9. The molecular formula is C16H26N2O. The number of ether oxygens (including phenoxy) is 1. The van der Waals surface area contributed by atoms with E-state index >= 15 is 0 Å². The molecule has 1 aromatic rings. The van der Waals surface area contributed by atoms with Crippen molar-refractivity contribution in [3.63, 3.8) is 0 Å². The highest BCUT2D eigenvalue weighted by Gasteiger charge is 2.46. The Bertz CT molecular complexity index is 413. The quantitative estimate of drug-likeness (QED) is 0.853. The highest BCUT2D eigenvalue weighted by molar-refractivity contribution is 5.37. The van der Waals surface area contributed by atoms with Crippen LogP contribution in [0.15, 0.2) is 24.3 Å². The van der Waals surface area contributed by atoms with Crippen molar-refractivity contribution in [2.24, 2.45) is 5.41 Å². The molecule has 19 heavy (non-hydrogen) atoms. The third kappa shape index (κ3) is 2.63. The summed E-state index contributed by atoms with van der Waals surface area (Å²) in [5.74, 6) is 1.00. The predicted octanol–water partition coefficient (Wildman–Crippen LogP) is 2.69. The first-order valence-electron chi connectivity index (χ1n) is 7.08. The molecule has 1 aliphatic rings. The van der Waals surface area contributed by atoms with Crippen molar-refractivity contribution in [1.29, 1.82) is 0 Å². The van der Waals surface area contributed by atoms with Gasteiger partial charge in [-0.3, -0.25) is 0 Å². The number of para-hydroxylation sites is 1. The fraction of sp³-hybridized carbons (Fsp3) is 0.625. The highest BCUT2D eigenvalue weighted by Crippen LogP contribution is 2.53.